The molecule has 12 nitrogen and oxygen atoms in total. The molecule has 0 saturated carbocycles. The molecule has 0 unspecified atom stereocenters. The Hall–Kier alpha value is -4.54. The van der Waals surface area contributed by atoms with Gasteiger partial charge in [-0.25, -0.2) is 0 Å². The van der Waals surface area contributed by atoms with Crippen LogP contribution >= 0.6 is 0 Å². The lowest BCUT2D eigenvalue weighted by Crippen LogP contribution is -2.44. The molecule has 1 amide bonds. The number of amides is 1. The van der Waals surface area contributed by atoms with Crippen molar-refractivity contribution in [1.29, 1.82) is 0 Å². The van der Waals surface area contributed by atoms with Crippen LogP contribution in [0.3, 0.4) is 0 Å². The molecule has 1 aromatic heterocycles. The summed E-state index contributed by atoms with van der Waals surface area (Å²) in [4.78, 5) is 17.4. The van der Waals surface area contributed by atoms with Crippen molar-refractivity contribution < 1.29 is 44.2 Å². The normalized spacial score (nSPS) is 16.2. The number of likely N-dealkylation sites (N-methyl/N-ethyl adjacent to an activating group) is 1. The van der Waals surface area contributed by atoms with Crippen molar-refractivity contribution in [2.24, 2.45) is 0 Å². The molecule has 1 fully saturated rings. The monoisotopic (exact) mass is 647 g/mol. The third kappa shape index (κ3) is 6.77. The Kier molecular flexibility index (Phi) is 8.20. The minimum atomic E-state index is -4.39. The fourth-order valence-corrected chi connectivity index (χ4v) is 5.74. The van der Waals surface area contributed by atoms with Crippen LogP contribution in [-0.4, -0.2) is 75.9 Å². The summed E-state index contributed by atoms with van der Waals surface area (Å²) in [6.45, 7) is 3.38. The highest BCUT2D eigenvalue weighted by molar-refractivity contribution is 7.82. The maximum absolute atomic E-state index is 13.3. The van der Waals surface area contributed by atoms with Gasteiger partial charge < -0.3 is 33.0 Å². The second-order valence-corrected chi connectivity index (χ2v) is 11.6. The number of halogens is 3. The molecule has 45 heavy (non-hydrogen) atoms. The number of H-pyrrole nitrogens is 1. The first-order valence-electron chi connectivity index (χ1n) is 13.9. The van der Waals surface area contributed by atoms with Crippen molar-refractivity contribution in [2.45, 2.75) is 12.8 Å². The second kappa shape index (κ2) is 12.1. The van der Waals surface area contributed by atoms with E-state index >= 15 is 0 Å². The van der Waals surface area contributed by atoms with Crippen molar-refractivity contribution in [3.63, 3.8) is 0 Å². The largest absolute Gasteiger partial charge is 0.501 e. The molecule has 1 saturated heterocycles. The maximum Gasteiger partial charge on any atom is 0.501 e. The lowest BCUT2D eigenvalue weighted by molar-refractivity contribution is -0.137. The molecule has 2 aliphatic heterocycles. The van der Waals surface area contributed by atoms with Gasteiger partial charge in [0.05, 0.1) is 35.5 Å². The van der Waals surface area contributed by atoms with Crippen LogP contribution in [0.5, 0.6) is 17.2 Å². The summed E-state index contributed by atoms with van der Waals surface area (Å²) in [5.41, 5.74) is 0.943. The number of fused-ring (bicyclic) bond motifs is 2. The molecule has 0 bridgehead atoms. The number of aromatic amines is 1. The molecule has 3 aromatic carbocycles. The Morgan fingerprint density at radius 2 is 1.73 bits per heavy atom. The maximum atomic E-state index is 13.3. The number of aromatic nitrogens is 2. The van der Waals surface area contributed by atoms with Gasteiger partial charge in [-0.05, 0) is 49.0 Å². The van der Waals surface area contributed by atoms with Gasteiger partial charge in [-0.3, -0.25) is 9.89 Å². The highest BCUT2D eigenvalue weighted by atomic mass is 32.3. The SMILES string of the molecule is CN1CCN(c2ccc(C(=O)Nc3n[nH]c4cc(OCCOCc5ccc(C(F)(F)F)cc5)ccc34)c3c2OS(=O)(=O)O3)CC1. The van der Waals surface area contributed by atoms with Gasteiger partial charge in [-0.1, -0.05) is 12.1 Å². The average molecular weight is 648 g/mol. The Balaban J connectivity index is 1.07. The fourth-order valence-electron chi connectivity index (χ4n) is 4.97. The molecule has 6 rings (SSSR count). The first-order valence-corrected chi connectivity index (χ1v) is 15.2. The number of rotatable bonds is 9. The average Bonchev–Trinajstić information content (AvgIpc) is 3.55. The Bertz CT molecular complexity index is 1820. The van der Waals surface area contributed by atoms with Gasteiger partial charge in [0.15, 0.2) is 5.82 Å². The third-order valence-corrected chi connectivity index (χ3v) is 8.10. The zero-order valence-electron chi connectivity index (χ0n) is 23.9. The number of alkyl halides is 3. The second-order valence-electron chi connectivity index (χ2n) is 10.5. The predicted molar refractivity (Wildman–Crippen MR) is 157 cm³/mol. The van der Waals surface area contributed by atoms with Gasteiger partial charge in [0.2, 0.25) is 11.5 Å². The smallest absolute Gasteiger partial charge is 0.491 e. The number of hydrogen-bond acceptors (Lipinski definition) is 10. The van der Waals surface area contributed by atoms with Crippen LogP contribution in [0.4, 0.5) is 24.7 Å². The Morgan fingerprint density at radius 3 is 2.47 bits per heavy atom. The van der Waals surface area contributed by atoms with Gasteiger partial charge in [0.25, 0.3) is 5.91 Å². The number of nitrogens with one attached hydrogen (secondary N) is 2. The minimum absolute atomic E-state index is 0.0239. The van der Waals surface area contributed by atoms with E-state index in [2.05, 4.69) is 20.4 Å². The van der Waals surface area contributed by atoms with Crippen LogP contribution in [0.1, 0.15) is 21.5 Å². The molecule has 0 radical (unpaired) electrons. The number of carbonyl (C=O) groups excluding carboxylic acids is 1. The summed E-state index contributed by atoms with van der Waals surface area (Å²) in [6.07, 6.45) is -4.39. The number of nitrogens with zero attached hydrogens (tertiary/aromatic N) is 3. The molecular weight excluding hydrogens is 619 g/mol. The molecule has 0 atom stereocenters. The van der Waals surface area contributed by atoms with E-state index in [0.29, 0.717) is 41.0 Å². The molecule has 2 aliphatic rings. The van der Waals surface area contributed by atoms with Crippen molar-refractivity contribution in [1.82, 2.24) is 15.1 Å². The van der Waals surface area contributed by atoms with E-state index in [9.17, 15) is 26.4 Å². The van der Waals surface area contributed by atoms with Crippen LogP contribution in [0.25, 0.3) is 10.9 Å². The first-order chi connectivity index (χ1) is 21.5. The lowest BCUT2D eigenvalue weighted by atomic mass is 10.1. The number of piperazine rings is 1. The van der Waals surface area contributed by atoms with Crippen LogP contribution in [0.15, 0.2) is 54.6 Å². The van der Waals surface area contributed by atoms with Crippen LogP contribution in [0, 0.1) is 0 Å². The summed E-state index contributed by atoms with van der Waals surface area (Å²) >= 11 is 0. The predicted octanol–water partition coefficient (Wildman–Crippen LogP) is 4.20. The number of hydrogen-bond donors (Lipinski definition) is 2. The molecule has 0 spiro atoms. The third-order valence-electron chi connectivity index (χ3n) is 7.36. The summed E-state index contributed by atoms with van der Waals surface area (Å²) in [5, 5.41) is 10.3. The van der Waals surface area contributed by atoms with E-state index in [1.54, 1.807) is 24.3 Å². The van der Waals surface area contributed by atoms with Crippen molar-refractivity contribution in [2.75, 3.05) is 56.7 Å². The number of carbonyl (C=O) groups is 1. The number of ether oxygens (including phenoxy) is 2. The van der Waals surface area contributed by atoms with Gasteiger partial charge in [-0.2, -0.15) is 18.3 Å². The molecule has 3 heterocycles. The zero-order valence-corrected chi connectivity index (χ0v) is 24.7. The fraction of sp³-hybridized carbons (Fsp3) is 0.310. The van der Waals surface area contributed by atoms with E-state index in [4.69, 9.17) is 17.8 Å². The van der Waals surface area contributed by atoms with Crippen LogP contribution in [0.2, 0.25) is 0 Å². The quantitative estimate of drug-likeness (QED) is 0.255. The summed E-state index contributed by atoms with van der Waals surface area (Å²) < 4.78 is 83.9. The topological polar surface area (TPSA) is 135 Å². The molecule has 4 aromatic rings. The molecule has 238 valence electrons. The van der Waals surface area contributed by atoms with Gasteiger partial charge in [-0.15, -0.1) is 8.42 Å². The highest BCUT2D eigenvalue weighted by Crippen LogP contribution is 2.46. The van der Waals surface area contributed by atoms with E-state index < -0.39 is 28.0 Å². The van der Waals surface area contributed by atoms with E-state index in [0.717, 1.165) is 25.2 Å². The van der Waals surface area contributed by atoms with E-state index in [1.807, 2.05) is 11.9 Å². The highest BCUT2D eigenvalue weighted by Gasteiger charge is 2.37. The molecular formula is C29H28F3N5O7S. The standard InChI is InChI=1S/C29H28F3N5O7S/c1-36-10-12-37(13-11-36)24-9-8-22(25-26(24)44-45(39,40)43-25)28(38)33-27-21-7-6-20(16-23(21)34-35-27)42-15-14-41-17-18-2-4-19(5-3-18)29(30,31)32/h2-9,16H,10-15,17H2,1H3,(H2,33,34,35,38). The van der Waals surface area contributed by atoms with Crippen LogP contribution in [-0.2, 0) is 27.9 Å². The Morgan fingerprint density at radius 1 is 1.00 bits per heavy atom. The summed E-state index contributed by atoms with van der Waals surface area (Å²) in [6, 6.07) is 12.9. The van der Waals surface area contributed by atoms with Gasteiger partial charge in [0.1, 0.15) is 12.4 Å². The molecule has 0 aliphatic carbocycles. The minimum Gasteiger partial charge on any atom is -0.491 e. The van der Waals surface area contributed by atoms with Crippen LogP contribution < -0.4 is 23.3 Å². The van der Waals surface area contributed by atoms with E-state index in [-0.39, 0.29) is 42.7 Å². The molecule has 2 N–H and O–H groups in total. The first kappa shape index (κ1) is 30.5. The Labute approximate surface area is 255 Å². The number of anilines is 2. The molecule has 16 heteroatoms. The number of benzene rings is 3. The lowest BCUT2D eigenvalue weighted by Gasteiger charge is -2.34. The van der Waals surface area contributed by atoms with E-state index in [1.165, 1.54) is 18.2 Å². The van der Waals surface area contributed by atoms with Crippen molar-refractivity contribution >= 4 is 38.7 Å². The zero-order chi connectivity index (χ0) is 31.8. The summed E-state index contributed by atoms with van der Waals surface area (Å²) in [7, 11) is -2.37. The van der Waals surface area contributed by atoms with Gasteiger partial charge in [0, 0.05) is 37.6 Å². The van der Waals surface area contributed by atoms with Gasteiger partial charge >= 0.3 is 16.6 Å². The van der Waals surface area contributed by atoms with Crippen molar-refractivity contribution in [3.05, 3.63) is 71.3 Å². The van der Waals surface area contributed by atoms with Crippen molar-refractivity contribution in [3.8, 4) is 17.2 Å². The summed E-state index contributed by atoms with van der Waals surface area (Å²) in [5.74, 6) is -0.143.